The number of halogens is 1. The zero-order valence-corrected chi connectivity index (χ0v) is 20.0. The van der Waals surface area contributed by atoms with Crippen LogP contribution in [0.25, 0.3) is 10.2 Å². The number of amides is 1. The monoisotopic (exact) mass is 479 g/mol. The largest absolute Gasteiger partial charge is 0.380 e. The smallest absolute Gasteiger partial charge is 0.279 e. The Kier molecular flexibility index (Phi) is 7.60. The molecule has 0 fully saturated rings. The Morgan fingerprint density at radius 2 is 1.91 bits per heavy atom. The molecule has 3 aromatic rings. The molecule has 7 nitrogen and oxygen atoms in total. The lowest BCUT2D eigenvalue weighted by Crippen LogP contribution is -2.33. The molecule has 0 unspecified atom stereocenters. The third-order valence-corrected chi connectivity index (χ3v) is 8.10. The van der Waals surface area contributed by atoms with Crippen LogP contribution in [0.5, 0.6) is 0 Å². The minimum atomic E-state index is -3.64. The average Bonchev–Trinajstić information content (AvgIpc) is 3.09. The van der Waals surface area contributed by atoms with E-state index in [1.807, 2.05) is 11.5 Å². The fourth-order valence-corrected chi connectivity index (χ4v) is 5.46. The normalized spacial score (nSPS) is 12.9. The number of carbonyl (C=O) groups is 1. The quantitative estimate of drug-likeness (QED) is 0.462. The lowest BCUT2D eigenvalue weighted by molar-refractivity contribution is 0.0996. The van der Waals surface area contributed by atoms with Crippen LogP contribution in [-0.4, -0.2) is 49.5 Å². The molecular weight excluding hydrogens is 453 g/mol. The molecule has 2 aromatic carbocycles. The van der Waals surface area contributed by atoms with Crippen molar-refractivity contribution in [2.45, 2.75) is 38.3 Å². The maximum Gasteiger partial charge on any atom is 0.279 e. The molecule has 0 aliphatic heterocycles. The number of fused-ring (bicyclic) bond motifs is 1. The molecule has 172 valence electrons. The Hall–Kier alpha value is -2.40. The molecule has 1 aromatic heterocycles. The summed E-state index contributed by atoms with van der Waals surface area (Å²) in [5, 5.41) is 0. The molecule has 32 heavy (non-hydrogen) atoms. The van der Waals surface area contributed by atoms with Gasteiger partial charge in [0, 0.05) is 31.8 Å². The summed E-state index contributed by atoms with van der Waals surface area (Å²) in [4.78, 5) is 17.6. The van der Waals surface area contributed by atoms with Crippen molar-refractivity contribution in [2.24, 2.45) is 4.99 Å². The van der Waals surface area contributed by atoms with Gasteiger partial charge >= 0.3 is 0 Å². The van der Waals surface area contributed by atoms with Crippen molar-refractivity contribution >= 4 is 37.5 Å². The predicted octanol–water partition coefficient (Wildman–Crippen LogP) is 3.65. The number of hydrogen-bond donors (Lipinski definition) is 0. The highest BCUT2D eigenvalue weighted by Gasteiger charge is 2.23. The zero-order valence-electron chi connectivity index (χ0n) is 18.4. The highest BCUT2D eigenvalue weighted by atomic mass is 32.2. The van der Waals surface area contributed by atoms with Crippen molar-refractivity contribution < 1.29 is 22.3 Å². The molecule has 0 N–H and O–H groups in total. The lowest BCUT2D eigenvalue weighted by Gasteiger charge is -2.20. The number of aromatic nitrogens is 1. The second kappa shape index (κ2) is 10.0. The van der Waals surface area contributed by atoms with E-state index in [1.54, 1.807) is 19.9 Å². The van der Waals surface area contributed by atoms with Crippen LogP contribution in [0.3, 0.4) is 0 Å². The standard InChI is InChI=1S/C22H26FN3O4S2/c1-5-30-13-12-26-19-11-8-17(23)14-20(19)31-22(26)24-21(27)16-6-9-18(10-7-16)32(28,29)25(4)15(2)3/h6-11,14-15H,5,12-13H2,1-4H3. The highest BCUT2D eigenvalue weighted by Crippen LogP contribution is 2.20. The Morgan fingerprint density at radius 3 is 2.53 bits per heavy atom. The zero-order chi connectivity index (χ0) is 23.5. The summed E-state index contributed by atoms with van der Waals surface area (Å²) in [6, 6.07) is 9.94. The van der Waals surface area contributed by atoms with E-state index in [4.69, 9.17) is 4.74 Å². The SMILES string of the molecule is CCOCCn1c(=NC(=O)c2ccc(S(=O)(=O)N(C)C(C)C)cc2)sc2cc(F)ccc21. The third-order valence-electron chi connectivity index (χ3n) is 5.01. The molecule has 0 saturated heterocycles. The van der Waals surface area contributed by atoms with Gasteiger partial charge in [-0.1, -0.05) is 11.3 Å². The van der Waals surface area contributed by atoms with E-state index in [0.29, 0.717) is 29.3 Å². The number of benzene rings is 2. The summed E-state index contributed by atoms with van der Waals surface area (Å²) in [5.74, 6) is -0.875. The van der Waals surface area contributed by atoms with E-state index < -0.39 is 15.9 Å². The maximum atomic E-state index is 13.7. The topological polar surface area (TPSA) is 81.0 Å². The molecule has 0 aliphatic rings. The number of nitrogens with zero attached hydrogens (tertiary/aromatic N) is 3. The molecular formula is C22H26FN3O4S2. The van der Waals surface area contributed by atoms with Crippen LogP contribution in [0.1, 0.15) is 31.1 Å². The summed E-state index contributed by atoms with van der Waals surface area (Å²) in [6.45, 7) is 6.91. The molecule has 0 aliphatic carbocycles. The number of hydrogen-bond acceptors (Lipinski definition) is 5. The first-order chi connectivity index (χ1) is 15.1. The summed E-state index contributed by atoms with van der Waals surface area (Å²) in [7, 11) is -2.13. The predicted molar refractivity (Wildman–Crippen MR) is 123 cm³/mol. The van der Waals surface area contributed by atoms with Gasteiger partial charge in [0.2, 0.25) is 10.0 Å². The van der Waals surface area contributed by atoms with Crippen molar-refractivity contribution in [1.29, 1.82) is 0 Å². The molecule has 1 heterocycles. The van der Waals surface area contributed by atoms with Crippen molar-refractivity contribution in [3.05, 3.63) is 58.6 Å². The summed E-state index contributed by atoms with van der Waals surface area (Å²) < 4.78 is 48.1. The summed E-state index contributed by atoms with van der Waals surface area (Å²) in [6.07, 6.45) is 0. The molecule has 1 amide bonds. The van der Waals surface area contributed by atoms with Crippen molar-refractivity contribution in [2.75, 3.05) is 20.3 Å². The Morgan fingerprint density at radius 1 is 1.22 bits per heavy atom. The van der Waals surface area contributed by atoms with E-state index in [0.717, 1.165) is 5.52 Å². The van der Waals surface area contributed by atoms with Gasteiger partial charge in [-0.15, -0.1) is 0 Å². The van der Waals surface area contributed by atoms with E-state index in [2.05, 4.69) is 4.99 Å². The Bertz CT molecular complexity index is 1280. The van der Waals surface area contributed by atoms with Gasteiger partial charge in [-0.05, 0) is 63.2 Å². The van der Waals surface area contributed by atoms with Gasteiger partial charge in [-0.3, -0.25) is 4.79 Å². The van der Waals surface area contributed by atoms with E-state index >= 15 is 0 Å². The fraction of sp³-hybridized carbons (Fsp3) is 0.364. The van der Waals surface area contributed by atoms with Crippen LogP contribution >= 0.6 is 11.3 Å². The van der Waals surface area contributed by atoms with E-state index in [9.17, 15) is 17.6 Å². The third kappa shape index (κ3) is 5.15. The molecule has 0 spiro atoms. The van der Waals surface area contributed by atoms with Gasteiger partial charge in [-0.2, -0.15) is 9.30 Å². The number of ether oxygens (including phenoxy) is 1. The Labute approximate surface area is 190 Å². The second-order valence-electron chi connectivity index (χ2n) is 7.40. The minimum Gasteiger partial charge on any atom is -0.380 e. The number of rotatable bonds is 8. The molecule has 10 heteroatoms. The van der Waals surface area contributed by atoms with Crippen LogP contribution in [-0.2, 0) is 21.3 Å². The van der Waals surface area contributed by atoms with Crippen molar-refractivity contribution in [3.8, 4) is 0 Å². The van der Waals surface area contributed by atoms with Crippen LogP contribution in [0, 0.1) is 5.82 Å². The lowest BCUT2D eigenvalue weighted by atomic mass is 10.2. The minimum absolute atomic E-state index is 0.106. The summed E-state index contributed by atoms with van der Waals surface area (Å²) in [5.41, 5.74) is 1.02. The first kappa shape index (κ1) is 24.2. The van der Waals surface area contributed by atoms with Crippen molar-refractivity contribution in [1.82, 2.24) is 8.87 Å². The van der Waals surface area contributed by atoms with Gasteiger partial charge in [0.1, 0.15) is 5.82 Å². The first-order valence-electron chi connectivity index (χ1n) is 10.2. The molecule has 3 rings (SSSR count). The van der Waals surface area contributed by atoms with Gasteiger partial charge in [0.15, 0.2) is 4.80 Å². The fourth-order valence-electron chi connectivity index (χ4n) is 3.01. The van der Waals surface area contributed by atoms with Gasteiger partial charge in [0.05, 0.1) is 21.7 Å². The second-order valence-corrected chi connectivity index (χ2v) is 10.4. The molecule has 0 atom stereocenters. The van der Waals surface area contributed by atoms with Crippen LogP contribution in [0.4, 0.5) is 4.39 Å². The molecule has 0 saturated carbocycles. The summed E-state index contributed by atoms with van der Waals surface area (Å²) >= 11 is 1.21. The molecule has 0 radical (unpaired) electrons. The van der Waals surface area contributed by atoms with Crippen molar-refractivity contribution in [3.63, 3.8) is 0 Å². The number of sulfonamides is 1. The van der Waals surface area contributed by atoms with Crippen LogP contribution in [0.2, 0.25) is 0 Å². The van der Waals surface area contributed by atoms with Gasteiger partial charge in [-0.25, -0.2) is 12.8 Å². The van der Waals surface area contributed by atoms with Crippen LogP contribution < -0.4 is 4.80 Å². The Balaban J connectivity index is 1.96. The van der Waals surface area contributed by atoms with Gasteiger partial charge < -0.3 is 9.30 Å². The first-order valence-corrected chi connectivity index (χ1v) is 12.4. The van der Waals surface area contributed by atoms with E-state index in [1.165, 1.54) is 59.1 Å². The van der Waals surface area contributed by atoms with E-state index in [-0.39, 0.29) is 22.3 Å². The van der Waals surface area contributed by atoms with Crippen LogP contribution in [0.15, 0.2) is 52.4 Å². The number of carbonyl (C=O) groups excluding carboxylic acids is 1. The highest BCUT2D eigenvalue weighted by molar-refractivity contribution is 7.89. The maximum absolute atomic E-state index is 13.7. The molecule has 0 bridgehead atoms. The number of thiazole rings is 1. The van der Waals surface area contributed by atoms with Gasteiger partial charge in [0.25, 0.3) is 5.91 Å². The average molecular weight is 480 g/mol.